The van der Waals surface area contributed by atoms with Gasteiger partial charge in [-0.2, -0.15) is 0 Å². The van der Waals surface area contributed by atoms with Crippen LogP contribution in [0.3, 0.4) is 0 Å². The largest absolute Gasteiger partial charge is 0.426 e. The number of carbonyl (C=O) groups is 2. The molecule has 0 aliphatic carbocycles. The zero-order chi connectivity index (χ0) is 16.4. The van der Waals surface area contributed by atoms with E-state index >= 15 is 0 Å². The SMILES string of the molecule is CC(=O)Oc1ccccc1C(=O)N1CC[C@H](C)c2ccccc21. The third kappa shape index (κ3) is 2.97. The van der Waals surface area contributed by atoms with Gasteiger partial charge in [-0.05, 0) is 36.1 Å². The standard InChI is InChI=1S/C19H19NO3/c1-13-11-12-20(17-9-5-3-7-15(13)17)19(22)16-8-4-6-10-18(16)23-14(2)21/h3-10,13H,11-12H2,1-2H3/t13-/m0/s1. The summed E-state index contributed by atoms with van der Waals surface area (Å²) in [7, 11) is 0. The van der Waals surface area contributed by atoms with Crippen molar-refractivity contribution in [3.05, 3.63) is 59.7 Å². The Morgan fingerprint density at radius 2 is 1.78 bits per heavy atom. The third-order valence-corrected chi connectivity index (χ3v) is 4.16. The lowest BCUT2D eigenvalue weighted by Crippen LogP contribution is -2.36. The van der Waals surface area contributed by atoms with E-state index in [1.165, 1.54) is 12.5 Å². The highest BCUT2D eigenvalue weighted by atomic mass is 16.5. The summed E-state index contributed by atoms with van der Waals surface area (Å²) in [6, 6.07) is 14.8. The van der Waals surface area contributed by atoms with Crippen LogP contribution in [-0.4, -0.2) is 18.4 Å². The molecule has 0 aromatic heterocycles. The zero-order valence-corrected chi connectivity index (χ0v) is 13.3. The lowest BCUT2D eigenvalue weighted by molar-refractivity contribution is -0.131. The average molecular weight is 309 g/mol. The van der Waals surface area contributed by atoms with Gasteiger partial charge in [-0.25, -0.2) is 0 Å². The maximum Gasteiger partial charge on any atom is 0.308 e. The molecule has 1 amide bonds. The molecule has 2 aromatic rings. The fourth-order valence-electron chi connectivity index (χ4n) is 2.99. The molecule has 1 aliphatic rings. The van der Waals surface area contributed by atoms with Crippen molar-refractivity contribution in [2.75, 3.05) is 11.4 Å². The van der Waals surface area contributed by atoms with E-state index in [1.807, 2.05) is 18.2 Å². The number of hydrogen-bond acceptors (Lipinski definition) is 3. The molecule has 4 heteroatoms. The van der Waals surface area contributed by atoms with Crippen LogP contribution in [0.4, 0.5) is 5.69 Å². The van der Waals surface area contributed by atoms with Gasteiger partial charge in [-0.1, -0.05) is 37.3 Å². The Hall–Kier alpha value is -2.62. The monoisotopic (exact) mass is 309 g/mol. The van der Waals surface area contributed by atoms with Gasteiger partial charge >= 0.3 is 5.97 Å². The highest BCUT2D eigenvalue weighted by molar-refractivity contribution is 6.08. The fraction of sp³-hybridized carbons (Fsp3) is 0.263. The van der Waals surface area contributed by atoms with E-state index in [2.05, 4.69) is 13.0 Å². The summed E-state index contributed by atoms with van der Waals surface area (Å²) >= 11 is 0. The molecule has 0 fully saturated rings. The molecule has 1 heterocycles. The number of rotatable bonds is 2. The van der Waals surface area contributed by atoms with Gasteiger partial charge in [0.15, 0.2) is 0 Å². The van der Waals surface area contributed by atoms with Crippen molar-refractivity contribution in [2.45, 2.75) is 26.2 Å². The lowest BCUT2D eigenvalue weighted by atomic mass is 9.91. The Bertz CT molecular complexity index is 754. The predicted octanol–water partition coefficient (Wildman–Crippen LogP) is 3.77. The van der Waals surface area contributed by atoms with Crippen LogP contribution in [0.1, 0.15) is 42.1 Å². The van der Waals surface area contributed by atoms with Gasteiger partial charge in [0.05, 0.1) is 5.56 Å². The molecule has 4 nitrogen and oxygen atoms in total. The number of nitrogens with zero attached hydrogens (tertiary/aromatic N) is 1. The van der Waals surface area contributed by atoms with Crippen molar-refractivity contribution in [3.8, 4) is 5.75 Å². The van der Waals surface area contributed by atoms with Crippen LogP contribution < -0.4 is 9.64 Å². The molecule has 0 N–H and O–H groups in total. The van der Waals surface area contributed by atoms with Gasteiger partial charge in [-0.3, -0.25) is 9.59 Å². The smallest absolute Gasteiger partial charge is 0.308 e. The maximum absolute atomic E-state index is 13.0. The second-order valence-corrected chi connectivity index (χ2v) is 5.80. The normalized spacial score (nSPS) is 16.6. The maximum atomic E-state index is 13.0. The Morgan fingerprint density at radius 3 is 2.57 bits per heavy atom. The van der Waals surface area contributed by atoms with Crippen LogP contribution in [0.5, 0.6) is 5.75 Å². The van der Waals surface area contributed by atoms with Gasteiger partial charge in [0.1, 0.15) is 5.75 Å². The molecule has 0 radical (unpaired) electrons. The van der Waals surface area contributed by atoms with E-state index in [9.17, 15) is 9.59 Å². The summed E-state index contributed by atoms with van der Waals surface area (Å²) in [5.74, 6) is 0.166. The van der Waals surface area contributed by atoms with Crippen LogP contribution in [0.2, 0.25) is 0 Å². The summed E-state index contributed by atoms with van der Waals surface area (Å²) in [6.45, 7) is 4.16. The highest BCUT2D eigenvalue weighted by Crippen LogP contribution is 2.36. The number of amides is 1. The van der Waals surface area contributed by atoms with Crippen LogP contribution in [-0.2, 0) is 4.79 Å². The number of para-hydroxylation sites is 2. The van der Waals surface area contributed by atoms with E-state index in [1.54, 1.807) is 29.2 Å². The summed E-state index contributed by atoms with van der Waals surface area (Å²) in [6.07, 6.45) is 0.915. The fourth-order valence-corrected chi connectivity index (χ4v) is 2.99. The molecule has 1 aliphatic heterocycles. The van der Waals surface area contributed by atoms with Gasteiger partial charge < -0.3 is 9.64 Å². The van der Waals surface area contributed by atoms with Crippen molar-refractivity contribution in [3.63, 3.8) is 0 Å². The van der Waals surface area contributed by atoms with E-state index in [4.69, 9.17) is 4.74 Å². The Morgan fingerprint density at radius 1 is 1.09 bits per heavy atom. The van der Waals surface area contributed by atoms with E-state index in [0.29, 0.717) is 23.8 Å². The summed E-state index contributed by atoms with van der Waals surface area (Å²) < 4.78 is 5.18. The zero-order valence-electron chi connectivity index (χ0n) is 13.3. The molecule has 0 saturated carbocycles. The molecule has 118 valence electrons. The van der Waals surface area contributed by atoms with Gasteiger partial charge in [-0.15, -0.1) is 0 Å². The molecule has 2 aromatic carbocycles. The first-order chi connectivity index (χ1) is 11.1. The van der Waals surface area contributed by atoms with Crippen molar-refractivity contribution in [1.29, 1.82) is 0 Å². The average Bonchev–Trinajstić information content (AvgIpc) is 2.55. The van der Waals surface area contributed by atoms with Crippen molar-refractivity contribution >= 4 is 17.6 Å². The first-order valence-corrected chi connectivity index (χ1v) is 7.76. The van der Waals surface area contributed by atoms with Crippen molar-refractivity contribution in [2.24, 2.45) is 0 Å². The minimum absolute atomic E-state index is 0.138. The number of hydrogen-bond donors (Lipinski definition) is 0. The Kier molecular flexibility index (Phi) is 4.15. The number of benzene rings is 2. The van der Waals surface area contributed by atoms with Crippen LogP contribution >= 0.6 is 0 Å². The van der Waals surface area contributed by atoms with E-state index < -0.39 is 5.97 Å². The summed E-state index contributed by atoms with van der Waals surface area (Å²) in [5.41, 5.74) is 2.53. The third-order valence-electron chi connectivity index (χ3n) is 4.16. The lowest BCUT2D eigenvalue weighted by Gasteiger charge is -2.33. The van der Waals surface area contributed by atoms with Crippen molar-refractivity contribution < 1.29 is 14.3 Å². The first-order valence-electron chi connectivity index (χ1n) is 7.76. The molecule has 0 bridgehead atoms. The topological polar surface area (TPSA) is 46.6 Å². The Labute approximate surface area is 135 Å². The van der Waals surface area contributed by atoms with Crippen molar-refractivity contribution in [1.82, 2.24) is 0 Å². The quantitative estimate of drug-likeness (QED) is 0.627. The van der Waals surface area contributed by atoms with Gasteiger partial charge in [0, 0.05) is 19.2 Å². The van der Waals surface area contributed by atoms with Crippen LogP contribution in [0.25, 0.3) is 0 Å². The second-order valence-electron chi connectivity index (χ2n) is 5.80. The van der Waals surface area contributed by atoms with Gasteiger partial charge in [0.2, 0.25) is 0 Å². The number of carbonyl (C=O) groups excluding carboxylic acids is 2. The molecule has 0 spiro atoms. The molecule has 1 atom stereocenters. The summed E-state index contributed by atoms with van der Waals surface area (Å²) in [5, 5.41) is 0. The van der Waals surface area contributed by atoms with E-state index in [-0.39, 0.29) is 5.91 Å². The molecule has 3 rings (SSSR count). The van der Waals surface area contributed by atoms with Gasteiger partial charge in [0.25, 0.3) is 5.91 Å². The molecule has 0 unspecified atom stereocenters. The van der Waals surface area contributed by atoms with Crippen LogP contribution in [0, 0.1) is 0 Å². The highest BCUT2D eigenvalue weighted by Gasteiger charge is 2.28. The molecular formula is C19H19NO3. The number of esters is 1. The molecular weight excluding hydrogens is 290 g/mol. The molecule has 23 heavy (non-hydrogen) atoms. The second kappa shape index (κ2) is 6.24. The number of anilines is 1. The van der Waals surface area contributed by atoms with Crippen LogP contribution in [0.15, 0.2) is 48.5 Å². The number of ether oxygens (including phenoxy) is 1. The number of fused-ring (bicyclic) bond motifs is 1. The predicted molar refractivity (Wildman–Crippen MR) is 88.9 cm³/mol. The molecule has 0 saturated heterocycles. The first kappa shape index (κ1) is 15.3. The van der Waals surface area contributed by atoms with E-state index in [0.717, 1.165) is 12.1 Å². The summed E-state index contributed by atoms with van der Waals surface area (Å²) in [4.78, 5) is 26.0. The Balaban J connectivity index is 1.99. The minimum Gasteiger partial charge on any atom is -0.426 e. The minimum atomic E-state index is -0.432.